The summed E-state index contributed by atoms with van der Waals surface area (Å²) in [6.45, 7) is 7.40. The molecule has 0 aromatic carbocycles. The highest BCUT2D eigenvalue weighted by molar-refractivity contribution is 4.61. The number of halogens is 3. The topological polar surface area (TPSA) is 26.0 Å². The molecular formula is C7H16F3N. The van der Waals surface area contributed by atoms with Crippen molar-refractivity contribution in [3.8, 4) is 0 Å². The van der Waals surface area contributed by atoms with Crippen LogP contribution in [0.2, 0.25) is 0 Å². The van der Waals surface area contributed by atoms with Gasteiger partial charge in [0.2, 0.25) is 0 Å². The van der Waals surface area contributed by atoms with Crippen LogP contribution in [0.25, 0.3) is 0 Å². The first-order chi connectivity index (χ1) is 4.68. The van der Waals surface area contributed by atoms with Gasteiger partial charge in [-0.25, -0.2) is 0 Å². The number of hydrogen-bond donors (Lipinski definition) is 1. The Kier molecular flexibility index (Phi) is 6.56. The first-order valence-corrected chi connectivity index (χ1v) is 3.50. The zero-order valence-corrected chi connectivity index (χ0v) is 7.37. The fraction of sp³-hybridized carbons (Fsp3) is 1.00. The third-order valence-electron chi connectivity index (χ3n) is 0.516. The first-order valence-electron chi connectivity index (χ1n) is 3.50. The molecule has 0 aliphatic heterocycles. The molecule has 0 bridgehead atoms. The molecule has 0 heterocycles. The molecule has 70 valence electrons. The zero-order valence-electron chi connectivity index (χ0n) is 7.37. The molecule has 1 nitrogen and oxygen atoms in total. The van der Waals surface area contributed by atoms with Crippen molar-refractivity contribution in [2.24, 2.45) is 11.7 Å². The van der Waals surface area contributed by atoms with Gasteiger partial charge in [0.05, 0.1) is 6.04 Å². The SMILES string of the molecule is CC(C)C.C[C@@H](N)C(F)(F)F. The van der Waals surface area contributed by atoms with Crippen molar-refractivity contribution in [3.63, 3.8) is 0 Å². The van der Waals surface area contributed by atoms with Gasteiger partial charge in [0, 0.05) is 0 Å². The highest BCUT2D eigenvalue weighted by atomic mass is 19.4. The molecule has 1 atom stereocenters. The predicted molar refractivity (Wildman–Crippen MR) is 40.2 cm³/mol. The largest absolute Gasteiger partial charge is 0.403 e. The van der Waals surface area contributed by atoms with Gasteiger partial charge in [0.25, 0.3) is 0 Å². The summed E-state index contributed by atoms with van der Waals surface area (Å²) in [6, 6.07) is -1.70. The summed E-state index contributed by atoms with van der Waals surface area (Å²) in [5, 5.41) is 0. The molecule has 0 spiro atoms. The van der Waals surface area contributed by atoms with E-state index in [2.05, 4.69) is 26.5 Å². The van der Waals surface area contributed by atoms with Crippen molar-refractivity contribution >= 4 is 0 Å². The lowest BCUT2D eigenvalue weighted by molar-refractivity contribution is -0.143. The van der Waals surface area contributed by atoms with E-state index >= 15 is 0 Å². The molecule has 11 heavy (non-hydrogen) atoms. The summed E-state index contributed by atoms with van der Waals surface area (Å²) in [6.07, 6.45) is -4.22. The number of hydrogen-bond acceptors (Lipinski definition) is 1. The van der Waals surface area contributed by atoms with Gasteiger partial charge in [-0.15, -0.1) is 0 Å². The van der Waals surface area contributed by atoms with E-state index in [0.29, 0.717) is 0 Å². The second-order valence-electron chi connectivity index (χ2n) is 3.06. The van der Waals surface area contributed by atoms with Gasteiger partial charge in [-0.05, 0) is 12.8 Å². The Hall–Kier alpha value is -0.250. The molecular weight excluding hydrogens is 155 g/mol. The fourth-order valence-electron chi connectivity index (χ4n) is 0. The lowest BCUT2D eigenvalue weighted by Crippen LogP contribution is -2.33. The standard InChI is InChI=1S/C4H10.C3H6F3N/c1-4(2)3;1-2(7)3(4,5)6/h4H,1-3H3;2H,7H2,1H3/t;2-/m.1/s1. The van der Waals surface area contributed by atoms with E-state index in [1.807, 2.05) is 0 Å². The Morgan fingerprint density at radius 1 is 1.00 bits per heavy atom. The molecule has 0 aliphatic rings. The predicted octanol–water partition coefficient (Wildman–Crippen LogP) is 2.56. The molecule has 0 rings (SSSR count). The lowest BCUT2D eigenvalue weighted by atomic mass is 10.3. The van der Waals surface area contributed by atoms with E-state index in [1.165, 1.54) is 0 Å². The molecule has 4 heteroatoms. The van der Waals surface area contributed by atoms with E-state index in [0.717, 1.165) is 12.8 Å². The maximum absolute atomic E-state index is 11.1. The minimum absolute atomic E-state index is 0.833. The Bertz CT molecular complexity index is 83.4. The van der Waals surface area contributed by atoms with Gasteiger partial charge < -0.3 is 5.73 Å². The van der Waals surface area contributed by atoms with E-state index in [9.17, 15) is 13.2 Å². The van der Waals surface area contributed by atoms with Crippen LogP contribution in [0.3, 0.4) is 0 Å². The third kappa shape index (κ3) is 17.7. The molecule has 0 saturated carbocycles. The van der Waals surface area contributed by atoms with Gasteiger partial charge in [-0.1, -0.05) is 20.8 Å². The molecule has 0 radical (unpaired) electrons. The van der Waals surface area contributed by atoms with Crippen LogP contribution in [0.5, 0.6) is 0 Å². The first kappa shape index (κ1) is 13.3. The summed E-state index contributed by atoms with van der Waals surface area (Å²) in [5.74, 6) is 0.833. The van der Waals surface area contributed by atoms with Crippen LogP contribution >= 0.6 is 0 Å². The minimum Gasteiger partial charge on any atom is -0.320 e. The highest BCUT2D eigenvalue weighted by Gasteiger charge is 2.32. The smallest absolute Gasteiger partial charge is 0.320 e. The quantitative estimate of drug-likeness (QED) is 0.595. The van der Waals surface area contributed by atoms with Gasteiger partial charge in [-0.3, -0.25) is 0 Å². The van der Waals surface area contributed by atoms with Crippen molar-refractivity contribution < 1.29 is 13.2 Å². The van der Waals surface area contributed by atoms with E-state index in [1.54, 1.807) is 0 Å². The molecule has 0 aromatic rings. The van der Waals surface area contributed by atoms with E-state index in [4.69, 9.17) is 0 Å². The van der Waals surface area contributed by atoms with Crippen molar-refractivity contribution in [3.05, 3.63) is 0 Å². The molecule has 0 amide bonds. The van der Waals surface area contributed by atoms with Crippen molar-refractivity contribution in [1.29, 1.82) is 0 Å². The molecule has 0 aliphatic carbocycles. The summed E-state index contributed by atoms with van der Waals surface area (Å²) in [7, 11) is 0. The Morgan fingerprint density at radius 2 is 1.09 bits per heavy atom. The van der Waals surface area contributed by atoms with Crippen LogP contribution < -0.4 is 5.73 Å². The van der Waals surface area contributed by atoms with Crippen LogP contribution in [-0.2, 0) is 0 Å². The average molecular weight is 171 g/mol. The Morgan fingerprint density at radius 3 is 1.09 bits per heavy atom. The zero-order chi connectivity index (χ0) is 9.65. The van der Waals surface area contributed by atoms with E-state index < -0.39 is 12.2 Å². The minimum atomic E-state index is -4.22. The summed E-state index contributed by atoms with van der Waals surface area (Å²) in [4.78, 5) is 0. The number of rotatable bonds is 0. The average Bonchev–Trinajstić information content (AvgIpc) is 1.59. The highest BCUT2D eigenvalue weighted by Crippen LogP contribution is 2.16. The number of nitrogens with two attached hydrogens (primary N) is 1. The van der Waals surface area contributed by atoms with Crippen molar-refractivity contribution in [1.82, 2.24) is 0 Å². The summed E-state index contributed by atoms with van der Waals surface area (Å²) in [5.41, 5.74) is 4.44. The van der Waals surface area contributed by atoms with Crippen molar-refractivity contribution in [2.75, 3.05) is 0 Å². The fourth-order valence-corrected chi connectivity index (χ4v) is 0. The van der Waals surface area contributed by atoms with Gasteiger partial charge in [-0.2, -0.15) is 13.2 Å². The van der Waals surface area contributed by atoms with Crippen LogP contribution in [-0.4, -0.2) is 12.2 Å². The second-order valence-corrected chi connectivity index (χ2v) is 3.06. The van der Waals surface area contributed by atoms with Crippen LogP contribution in [0.15, 0.2) is 0 Å². The van der Waals surface area contributed by atoms with Crippen molar-refractivity contribution in [2.45, 2.75) is 39.9 Å². The van der Waals surface area contributed by atoms with Crippen LogP contribution in [0, 0.1) is 5.92 Å². The van der Waals surface area contributed by atoms with Gasteiger partial charge in [0.1, 0.15) is 0 Å². The molecule has 0 fully saturated rings. The number of alkyl halides is 3. The lowest BCUT2D eigenvalue weighted by Gasteiger charge is -2.07. The Balaban J connectivity index is 0. The van der Waals surface area contributed by atoms with Gasteiger partial charge >= 0.3 is 6.18 Å². The maximum atomic E-state index is 11.1. The molecule has 0 aromatic heterocycles. The normalized spacial score (nSPS) is 13.9. The molecule has 2 N–H and O–H groups in total. The second kappa shape index (κ2) is 5.41. The van der Waals surface area contributed by atoms with Crippen LogP contribution in [0.4, 0.5) is 13.2 Å². The summed E-state index contributed by atoms with van der Waals surface area (Å²) < 4.78 is 33.2. The Labute approximate surface area is 65.8 Å². The maximum Gasteiger partial charge on any atom is 0.403 e. The third-order valence-corrected chi connectivity index (χ3v) is 0.516. The van der Waals surface area contributed by atoms with Gasteiger partial charge in [0.15, 0.2) is 0 Å². The molecule has 0 unspecified atom stereocenters. The molecule has 0 saturated heterocycles. The van der Waals surface area contributed by atoms with Crippen LogP contribution in [0.1, 0.15) is 27.7 Å². The summed E-state index contributed by atoms with van der Waals surface area (Å²) >= 11 is 0. The monoisotopic (exact) mass is 171 g/mol. The van der Waals surface area contributed by atoms with E-state index in [-0.39, 0.29) is 0 Å².